The fraction of sp³-hybridized carbons (Fsp3) is 0.269. The number of nitrogens with one attached hydrogen (secondary N) is 1. The number of carbonyl (C=O) groups excluding carboxylic acids is 1. The van der Waals surface area contributed by atoms with Crippen molar-refractivity contribution < 1.29 is 4.79 Å². The second-order valence-corrected chi connectivity index (χ2v) is 8.01. The summed E-state index contributed by atoms with van der Waals surface area (Å²) in [5, 5.41) is 3.10. The minimum absolute atomic E-state index is 0.0525. The lowest BCUT2D eigenvalue weighted by atomic mass is 9.97. The van der Waals surface area contributed by atoms with Crippen LogP contribution in [0.25, 0.3) is 11.2 Å². The molecule has 0 aliphatic rings. The first-order valence-electron chi connectivity index (χ1n) is 10.7. The summed E-state index contributed by atoms with van der Waals surface area (Å²) >= 11 is 0. The number of fused-ring (bicyclic) bond motifs is 1. The predicted molar refractivity (Wildman–Crippen MR) is 124 cm³/mol. The largest absolute Gasteiger partial charge is 0.345 e. The van der Waals surface area contributed by atoms with E-state index < -0.39 is 0 Å². The molecule has 1 atom stereocenters. The first-order valence-corrected chi connectivity index (χ1v) is 10.7. The Morgan fingerprint density at radius 1 is 1.00 bits per heavy atom. The Morgan fingerprint density at radius 2 is 1.74 bits per heavy atom. The van der Waals surface area contributed by atoms with Gasteiger partial charge in [0.1, 0.15) is 11.3 Å². The highest BCUT2D eigenvalue weighted by molar-refractivity contribution is 5.76. The lowest BCUT2D eigenvalue weighted by Gasteiger charge is -2.20. The Balaban J connectivity index is 1.75. The third kappa shape index (κ3) is 4.36. The molecule has 5 nitrogen and oxygen atoms in total. The van der Waals surface area contributed by atoms with Crippen LogP contribution in [-0.4, -0.2) is 20.4 Å². The number of benzene rings is 2. The van der Waals surface area contributed by atoms with Gasteiger partial charge < -0.3 is 9.88 Å². The SMILES string of the molecule is CCc1nc2c(C)cc(C)nc2n1Cc1cccc(C(NC(C)=O)c2ccccc2)c1. The van der Waals surface area contributed by atoms with Crippen molar-refractivity contribution in [1.29, 1.82) is 0 Å². The molecule has 0 aliphatic heterocycles. The van der Waals surface area contributed by atoms with Crippen LogP contribution in [0.5, 0.6) is 0 Å². The zero-order valence-electron chi connectivity index (χ0n) is 18.5. The van der Waals surface area contributed by atoms with Crippen molar-refractivity contribution in [2.45, 2.75) is 46.7 Å². The maximum absolute atomic E-state index is 11.9. The minimum Gasteiger partial charge on any atom is -0.345 e. The van der Waals surface area contributed by atoms with Gasteiger partial charge >= 0.3 is 0 Å². The molecule has 4 aromatic rings. The molecule has 4 rings (SSSR count). The topological polar surface area (TPSA) is 59.8 Å². The van der Waals surface area contributed by atoms with Crippen LogP contribution in [0.3, 0.4) is 0 Å². The average molecular weight is 413 g/mol. The van der Waals surface area contributed by atoms with Gasteiger partial charge in [0, 0.05) is 19.0 Å². The Hall–Kier alpha value is -3.47. The fourth-order valence-electron chi connectivity index (χ4n) is 4.15. The Kier molecular flexibility index (Phi) is 5.85. The number of imidazole rings is 1. The molecule has 1 unspecified atom stereocenters. The molecule has 0 saturated carbocycles. The van der Waals surface area contributed by atoms with Gasteiger partial charge in [-0.15, -0.1) is 0 Å². The summed E-state index contributed by atoms with van der Waals surface area (Å²) in [5.74, 6) is 0.978. The molecule has 2 aromatic carbocycles. The number of carbonyl (C=O) groups is 1. The number of amides is 1. The summed E-state index contributed by atoms with van der Waals surface area (Å²) in [6.07, 6.45) is 0.840. The fourth-order valence-corrected chi connectivity index (χ4v) is 4.15. The monoisotopic (exact) mass is 412 g/mol. The summed E-state index contributed by atoms with van der Waals surface area (Å²) in [5.41, 5.74) is 7.32. The van der Waals surface area contributed by atoms with Crippen LogP contribution in [0, 0.1) is 13.8 Å². The first-order chi connectivity index (χ1) is 15.0. The van der Waals surface area contributed by atoms with Gasteiger partial charge in [-0.3, -0.25) is 4.79 Å². The van der Waals surface area contributed by atoms with Gasteiger partial charge in [0.05, 0.1) is 12.6 Å². The normalized spacial score (nSPS) is 12.1. The molecule has 0 saturated heterocycles. The Labute approximate surface area is 183 Å². The summed E-state index contributed by atoms with van der Waals surface area (Å²) in [6.45, 7) is 8.48. The first kappa shape index (κ1) is 20.8. The summed E-state index contributed by atoms with van der Waals surface area (Å²) in [7, 11) is 0. The highest BCUT2D eigenvalue weighted by Crippen LogP contribution is 2.25. The molecule has 0 radical (unpaired) electrons. The Morgan fingerprint density at radius 3 is 2.45 bits per heavy atom. The molecule has 0 spiro atoms. The average Bonchev–Trinajstić information content (AvgIpc) is 3.10. The second kappa shape index (κ2) is 8.72. The van der Waals surface area contributed by atoms with E-state index in [1.165, 1.54) is 0 Å². The van der Waals surface area contributed by atoms with Crippen molar-refractivity contribution in [3.8, 4) is 0 Å². The van der Waals surface area contributed by atoms with Gasteiger partial charge in [-0.05, 0) is 42.2 Å². The van der Waals surface area contributed by atoms with Crippen molar-refractivity contribution in [1.82, 2.24) is 19.9 Å². The quantitative estimate of drug-likeness (QED) is 0.491. The van der Waals surface area contributed by atoms with E-state index in [1.807, 2.05) is 37.3 Å². The van der Waals surface area contributed by atoms with Crippen LogP contribution in [0.15, 0.2) is 60.7 Å². The zero-order valence-corrected chi connectivity index (χ0v) is 18.5. The van der Waals surface area contributed by atoms with Crippen molar-refractivity contribution in [3.05, 3.63) is 94.4 Å². The molecule has 158 valence electrons. The predicted octanol–water partition coefficient (Wildman–Crippen LogP) is 4.88. The number of pyridine rings is 1. The number of hydrogen-bond donors (Lipinski definition) is 1. The molecule has 2 aromatic heterocycles. The third-order valence-corrected chi connectivity index (χ3v) is 5.52. The van der Waals surface area contributed by atoms with E-state index in [2.05, 4.69) is 54.1 Å². The van der Waals surface area contributed by atoms with Crippen LogP contribution in [0.4, 0.5) is 0 Å². The number of hydrogen-bond acceptors (Lipinski definition) is 3. The van der Waals surface area contributed by atoms with Crippen LogP contribution in [-0.2, 0) is 17.8 Å². The molecule has 2 heterocycles. The number of rotatable bonds is 6. The molecule has 1 amide bonds. The van der Waals surface area contributed by atoms with Gasteiger partial charge in [0.2, 0.25) is 5.91 Å². The summed E-state index contributed by atoms with van der Waals surface area (Å²) < 4.78 is 2.21. The van der Waals surface area contributed by atoms with E-state index >= 15 is 0 Å². The number of aryl methyl sites for hydroxylation is 3. The van der Waals surface area contributed by atoms with Crippen molar-refractivity contribution in [2.75, 3.05) is 0 Å². The molecular formula is C26H28N4O. The standard InChI is InChI=1S/C26H28N4O/c1-5-23-29-24-17(2)14-18(3)27-26(24)30(23)16-20-10-9-13-22(15-20)25(28-19(4)31)21-11-7-6-8-12-21/h6-15,25H,5,16H2,1-4H3,(H,28,31). The summed E-state index contributed by atoms with van der Waals surface area (Å²) in [6, 6.07) is 20.4. The van der Waals surface area contributed by atoms with Crippen molar-refractivity contribution in [3.63, 3.8) is 0 Å². The van der Waals surface area contributed by atoms with Gasteiger partial charge in [-0.25, -0.2) is 9.97 Å². The van der Waals surface area contributed by atoms with Crippen LogP contribution >= 0.6 is 0 Å². The molecule has 31 heavy (non-hydrogen) atoms. The molecule has 0 bridgehead atoms. The minimum atomic E-state index is -0.188. The van der Waals surface area contributed by atoms with Crippen LogP contribution in [0.2, 0.25) is 0 Å². The highest BCUT2D eigenvalue weighted by atomic mass is 16.1. The van der Waals surface area contributed by atoms with E-state index in [0.29, 0.717) is 6.54 Å². The van der Waals surface area contributed by atoms with E-state index in [1.54, 1.807) is 6.92 Å². The smallest absolute Gasteiger partial charge is 0.217 e. The molecular weight excluding hydrogens is 384 g/mol. The lowest BCUT2D eigenvalue weighted by Crippen LogP contribution is -2.27. The van der Waals surface area contributed by atoms with E-state index in [0.717, 1.165) is 51.4 Å². The second-order valence-electron chi connectivity index (χ2n) is 8.01. The van der Waals surface area contributed by atoms with Crippen molar-refractivity contribution >= 4 is 17.1 Å². The van der Waals surface area contributed by atoms with Gasteiger partial charge in [-0.1, -0.05) is 61.5 Å². The maximum atomic E-state index is 11.9. The zero-order chi connectivity index (χ0) is 22.0. The van der Waals surface area contributed by atoms with Crippen LogP contribution in [0.1, 0.15) is 53.7 Å². The van der Waals surface area contributed by atoms with Gasteiger partial charge in [0.25, 0.3) is 0 Å². The van der Waals surface area contributed by atoms with E-state index in [9.17, 15) is 4.79 Å². The maximum Gasteiger partial charge on any atom is 0.217 e. The highest BCUT2D eigenvalue weighted by Gasteiger charge is 2.17. The lowest BCUT2D eigenvalue weighted by molar-refractivity contribution is -0.119. The Bertz CT molecular complexity index is 1230. The van der Waals surface area contributed by atoms with Gasteiger partial charge in [0.15, 0.2) is 5.65 Å². The number of nitrogens with zero attached hydrogens (tertiary/aromatic N) is 3. The van der Waals surface area contributed by atoms with Crippen LogP contribution < -0.4 is 5.32 Å². The molecule has 5 heteroatoms. The molecule has 1 N–H and O–H groups in total. The summed E-state index contributed by atoms with van der Waals surface area (Å²) in [4.78, 5) is 21.5. The van der Waals surface area contributed by atoms with Gasteiger partial charge in [-0.2, -0.15) is 0 Å². The van der Waals surface area contributed by atoms with E-state index in [-0.39, 0.29) is 11.9 Å². The molecule has 0 aliphatic carbocycles. The van der Waals surface area contributed by atoms with Crippen molar-refractivity contribution in [2.24, 2.45) is 0 Å². The number of aromatic nitrogens is 3. The molecule has 0 fully saturated rings. The third-order valence-electron chi connectivity index (χ3n) is 5.52. The van der Waals surface area contributed by atoms with E-state index in [4.69, 9.17) is 9.97 Å².